The van der Waals surface area contributed by atoms with Crippen LogP contribution in [0.15, 0.2) is 36.5 Å². The molecular formula is C15H16O4. The van der Waals surface area contributed by atoms with E-state index in [1.807, 2.05) is 0 Å². The van der Waals surface area contributed by atoms with E-state index < -0.39 is 18.2 Å². The van der Waals surface area contributed by atoms with Crippen molar-refractivity contribution in [2.45, 2.75) is 25.0 Å². The van der Waals surface area contributed by atoms with Gasteiger partial charge in [0.25, 0.3) is 0 Å². The van der Waals surface area contributed by atoms with Gasteiger partial charge in [-0.05, 0) is 23.5 Å². The summed E-state index contributed by atoms with van der Waals surface area (Å²) in [7, 11) is 0. The van der Waals surface area contributed by atoms with Crippen molar-refractivity contribution in [3.05, 3.63) is 36.5 Å². The maximum absolute atomic E-state index is 11.9. The fourth-order valence-corrected chi connectivity index (χ4v) is 3.55. The fraction of sp³-hybridized carbons (Fsp3) is 0.467. The van der Waals surface area contributed by atoms with Crippen molar-refractivity contribution < 1.29 is 19.4 Å². The van der Waals surface area contributed by atoms with Gasteiger partial charge in [-0.3, -0.25) is 4.79 Å². The lowest BCUT2D eigenvalue weighted by atomic mass is 9.82. The number of carbonyl (C=O) groups is 2. The van der Waals surface area contributed by atoms with Crippen LogP contribution in [-0.2, 0) is 14.3 Å². The van der Waals surface area contributed by atoms with Crippen LogP contribution in [0.5, 0.6) is 0 Å². The van der Waals surface area contributed by atoms with Crippen LogP contribution in [-0.4, -0.2) is 29.1 Å². The second kappa shape index (κ2) is 3.90. The van der Waals surface area contributed by atoms with Crippen LogP contribution in [0, 0.1) is 17.8 Å². The summed E-state index contributed by atoms with van der Waals surface area (Å²) in [5.41, 5.74) is 1.51. The average molecular weight is 260 g/mol. The van der Waals surface area contributed by atoms with Crippen molar-refractivity contribution in [2.75, 3.05) is 0 Å². The summed E-state index contributed by atoms with van der Waals surface area (Å²) in [5, 5.41) is 10.2. The van der Waals surface area contributed by atoms with Gasteiger partial charge in [0.2, 0.25) is 0 Å². The smallest absolute Gasteiger partial charge is 0.334 e. The number of aliphatic hydroxyl groups excluding tert-OH is 1. The molecule has 1 saturated heterocycles. The van der Waals surface area contributed by atoms with E-state index >= 15 is 0 Å². The molecule has 3 fully saturated rings. The number of carbonyl (C=O) groups excluding carboxylic acids is 2. The molecule has 2 aliphatic carbocycles. The van der Waals surface area contributed by atoms with E-state index in [1.54, 1.807) is 0 Å². The zero-order chi connectivity index (χ0) is 13.9. The normalized spacial score (nSPS) is 41.9. The molecule has 0 bridgehead atoms. The second-order valence-corrected chi connectivity index (χ2v) is 5.61. The van der Waals surface area contributed by atoms with Gasteiger partial charge in [-0.1, -0.05) is 19.7 Å². The third-order valence-corrected chi connectivity index (χ3v) is 4.68. The zero-order valence-electron chi connectivity index (χ0n) is 10.6. The van der Waals surface area contributed by atoms with E-state index in [2.05, 4.69) is 19.7 Å². The van der Waals surface area contributed by atoms with E-state index in [0.717, 1.165) is 0 Å². The third-order valence-electron chi connectivity index (χ3n) is 4.68. The zero-order valence-corrected chi connectivity index (χ0v) is 10.6. The number of ether oxygens (including phenoxy) is 1. The molecule has 2 saturated carbocycles. The number of aliphatic hydroxyl groups is 1. The van der Waals surface area contributed by atoms with Gasteiger partial charge in [-0.25, -0.2) is 4.79 Å². The van der Waals surface area contributed by atoms with E-state index in [4.69, 9.17) is 4.74 Å². The van der Waals surface area contributed by atoms with Gasteiger partial charge in [0.1, 0.15) is 6.10 Å². The first-order valence-electron chi connectivity index (χ1n) is 6.40. The summed E-state index contributed by atoms with van der Waals surface area (Å²) >= 11 is 0. The Kier molecular flexibility index (Phi) is 2.54. The number of esters is 1. The topological polar surface area (TPSA) is 63.6 Å². The monoisotopic (exact) mass is 260 g/mol. The number of rotatable bonds is 0. The van der Waals surface area contributed by atoms with Crippen LogP contribution in [0.1, 0.15) is 12.8 Å². The van der Waals surface area contributed by atoms with E-state index in [-0.39, 0.29) is 23.5 Å². The fourth-order valence-electron chi connectivity index (χ4n) is 3.55. The van der Waals surface area contributed by atoms with Crippen molar-refractivity contribution in [1.82, 2.24) is 0 Å². The van der Waals surface area contributed by atoms with Crippen LogP contribution in [0.25, 0.3) is 0 Å². The first kappa shape index (κ1) is 12.4. The molecule has 1 heterocycles. The minimum absolute atomic E-state index is 0.0300. The predicted molar refractivity (Wildman–Crippen MR) is 68.0 cm³/mol. The molecule has 5 atom stereocenters. The largest absolute Gasteiger partial charge is 0.458 e. The Hall–Kier alpha value is -1.68. The summed E-state index contributed by atoms with van der Waals surface area (Å²) < 4.78 is 5.38. The highest BCUT2D eigenvalue weighted by atomic mass is 16.6. The quantitative estimate of drug-likeness (QED) is 0.403. The first-order chi connectivity index (χ1) is 8.91. The SMILES string of the molecule is C=C1C(=O)OC2C1CC(O)C(=C)C1CC(=O)C(=C)C12. The maximum Gasteiger partial charge on any atom is 0.334 e. The van der Waals surface area contributed by atoms with Gasteiger partial charge >= 0.3 is 5.97 Å². The molecule has 0 aromatic rings. The minimum atomic E-state index is -0.729. The number of fused-ring (bicyclic) bond motifs is 3. The molecule has 0 radical (unpaired) electrons. The standard InChI is InChI=1S/C15H16O4/c1-6-9-4-12(17)8(3)13(9)14-10(5-11(6)16)7(2)15(18)19-14/h9-11,13-14,16H,1-5H2. The number of hydrogen-bond donors (Lipinski definition) is 1. The van der Waals surface area contributed by atoms with Crippen LogP contribution in [0.3, 0.4) is 0 Å². The highest BCUT2D eigenvalue weighted by Crippen LogP contribution is 2.50. The maximum atomic E-state index is 11.9. The number of Topliss-reactive ketones (excluding diaryl/α,β-unsaturated/α-hetero) is 1. The van der Waals surface area contributed by atoms with E-state index in [0.29, 0.717) is 29.6 Å². The molecule has 5 unspecified atom stereocenters. The summed E-state index contributed by atoms with van der Waals surface area (Å²) in [4.78, 5) is 23.5. The Morgan fingerprint density at radius 1 is 1.11 bits per heavy atom. The van der Waals surface area contributed by atoms with Gasteiger partial charge in [-0.2, -0.15) is 0 Å². The van der Waals surface area contributed by atoms with Crippen molar-refractivity contribution in [3.8, 4) is 0 Å². The van der Waals surface area contributed by atoms with Crippen molar-refractivity contribution in [1.29, 1.82) is 0 Å². The summed E-state index contributed by atoms with van der Waals surface area (Å²) in [5.74, 6) is -1.15. The molecule has 0 aromatic carbocycles. The molecule has 4 nitrogen and oxygen atoms in total. The Morgan fingerprint density at radius 2 is 1.79 bits per heavy atom. The molecule has 1 aliphatic heterocycles. The van der Waals surface area contributed by atoms with Crippen LogP contribution in [0.4, 0.5) is 0 Å². The van der Waals surface area contributed by atoms with Crippen molar-refractivity contribution in [3.63, 3.8) is 0 Å². The van der Waals surface area contributed by atoms with Crippen LogP contribution < -0.4 is 0 Å². The lowest BCUT2D eigenvalue weighted by Crippen LogP contribution is -2.28. The lowest BCUT2D eigenvalue weighted by molar-refractivity contribution is -0.141. The molecule has 0 spiro atoms. The van der Waals surface area contributed by atoms with Crippen molar-refractivity contribution in [2.24, 2.45) is 17.8 Å². The lowest BCUT2D eigenvalue weighted by Gasteiger charge is -2.25. The highest BCUT2D eigenvalue weighted by molar-refractivity contribution is 5.99. The Bertz CT molecular complexity index is 530. The molecule has 3 aliphatic rings. The molecule has 0 amide bonds. The average Bonchev–Trinajstić information content (AvgIpc) is 2.77. The molecule has 3 rings (SSSR count). The molecular weight excluding hydrogens is 244 g/mol. The van der Waals surface area contributed by atoms with Crippen LogP contribution >= 0.6 is 0 Å². The summed E-state index contributed by atoms with van der Waals surface area (Å²) in [6.07, 6.45) is -0.486. The van der Waals surface area contributed by atoms with E-state index in [9.17, 15) is 14.7 Å². The third kappa shape index (κ3) is 1.56. The molecule has 100 valence electrons. The predicted octanol–water partition coefficient (Wildman–Crippen LogP) is 1.17. The summed E-state index contributed by atoms with van der Waals surface area (Å²) in [6, 6.07) is 0. The van der Waals surface area contributed by atoms with Gasteiger partial charge in [0, 0.05) is 23.8 Å². The van der Waals surface area contributed by atoms with Gasteiger partial charge in [0.15, 0.2) is 5.78 Å². The Balaban J connectivity index is 2.07. The molecule has 1 N–H and O–H groups in total. The number of hydrogen-bond acceptors (Lipinski definition) is 4. The van der Waals surface area contributed by atoms with Gasteiger partial charge in [0.05, 0.1) is 6.10 Å². The Labute approximate surface area is 111 Å². The summed E-state index contributed by atoms with van der Waals surface area (Å²) in [6.45, 7) is 11.5. The molecule has 19 heavy (non-hydrogen) atoms. The number of ketones is 1. The Morgan fingerprint density at radius 3 is 2.47 bits per heavy atom. The van der Waals surface area contributed by atoms with Crippen molar-refractivity contribution >= 4 is 11.8 Å². The second-order valence-electron chi connectivity index (χ2n) is 5.61. The van der Waals surface area contributed by atoms with Crippen LogP contribution in [0.2, 0.25) is 0 Å². The highest BCUT2D eigenvalue weighted by Gasteiger charge is 2.54. The molecule has 4 heteroatoms. The van der Waals surface area contributed by atoms with Gasteiger partial charge in [-0.15, -0.1) is 0 Å². The first-order valence-corrected chi connectivity index (χ1v) is 6.40. The molecule has 0 aromatic heterocycles. The van der Waals surface area contributed by atoms with E-state index in [1.165, 1.54) is 0 Å². The van der Waals surface area contributed by atoms with Gasteiger partial charge < -0.3 is 9.84 Å². The minimum Gasteiger partial charge on any atom is -0.458 e.